The molecule has 2 atom stereocenters. The van der Waals surface area contributed by atoms with Crippen molar-refractivity contribution >= 4 is 29.9 Å². The lowest BCUT2D eigenvalue weighted by Gasteiger charge is -2.39. The fourth-order valence-corrected chi connectivity index (χ4v) is 3.58. The number of nitrogens with one attached hydrogen (secondary N) is 1. The second-order valence-corrected chi connectivity index (χ2v) is 7.00. The summed E-state index contributed by atoms with van der Waals surface area (Å²) in [6.45, 7) is 8.09. The van der Waals surface area contributed by atoms with Gasteiger partial charge in [-0.05, 0) is 30.9 Å². The molecule has 1 aliphatic heterocycles. The molecule has 0 aromatic heterocycles. The third kappa shape index (κ3) is 7.04. The number of halogens is 1. The topological polar surface area (TPSA) is 40.1 Å². The van der Waals surface area contributed by atoms with E-state index < -0.39 is 0 Å². The van der Waals surface area contributed by atoms with Gasteiger partial charge in [-0.25, -0.2) is 0 Å². The zero-order valence-electron chi connectivity index (χ0n) is 16.6. The quantitative estimate of drug-likeness (QED) is 0.375. The summed E-state index contributed by atoms with van der Waals surface area (Å²) in [7, 11) is 5.75. The predicted octanol–water partition coefficient (Wildman–Crippen LogP) is 2.88. The highest BCUT2D eigenvalue weighted by Gasteiger charge is 2.28. The molecular weight excluding hydrogens is 439 g/mol. The highest BCUT2D eigenvalue weighted by Crippen LogP contribution is 2.32. The zero-order valence-corrected chi connectivity index (χ0v) is 19.0. The number of piperidine rings is 1. The van der Waals surface area contributed by atoms with Crippen LogP contribution in [0.4, 0.5) is 0 Å². The Bertz CT molecular complexity index is 526. The summed E-state index contributed by atoms with van der Waals surface area (Å²) in [5, 5.41) is 3.52. The van der Waals surface area contributed by atoms with Crippen LogP contribution in [0.1, 0.15) is 24.8 Å². The first kappa shape index (κ1) is 23.2. The molecule has 5 nitrogen and oxygen atoms in total. The number of rotatable bonds is 7. The molecule has 2 unspecified atom stereocenters. The third-order valence-electron chi connectivity index (χ3n) is 5.10. The van der Waals surface area contributed by atoms with E-state index in [9.17, 15) is 0 Å². The Balaban J connectivity index is 0.00000338. The molecule has 26 heavy (non-hydrogen) atoms. The molecule has 148 valence electrons. The summed E-state index contributed by atoms with van der Waals surface area (Å²) in [6.07, 6.45) is 1.18. The highest BCUT2D eigenvalue weighted by molar-refractivity contribution is 14.0. The first-order valence-corrected chi connectivity index (χ1v) is 9.33. The Morgan fingerprint density at radius 1 is 1.31 bits per heavy atom. The number of likely N-dealkylation sites (tertiary alicyclic amines) is 1. The number of likely N-dealkylation sites (N-methyl/N-ethyl adjacent to an activating group) is 1. The summed E-state index contributed by atoms with van der Waals surface area (Å²) < 4.78 is 5.12. The van der Waals surface area contributed by atoms with Gasteiger partial charge in [-0.15, -0.1) is 24.0 Å². The Morgan fingerprint density at radius 2 is 2.04 bits per heavy atom. The van der Waals surface area contributed by atoms with Crippen molar-refractivity contribution in [1.29, 1.82) is 0 Å². The van der Waals surface area contributed by atoms with E-state index >= 15 is 0 Å². The van der Waals surface area contributed by atoms with Crippen molar-refractivity contribution in [2.75, 3.05) is 60.5 Å². The molecule has 1 heterocycles. The van der Waals surface area contributed by atoms with E-state index in [4.69, 9.17) is 4.74 Å². The molecule has 0 spiro atoms. The van der Waals surface area contributed by atoms with Gasteiger partial charge in [0.25, 0.3) is 0 Å². The van der Waals surface area contributed by atoms with Crippen LogP contribution in [-0.2, 0) is 4.74 Å². The van der Waals surface area contributed by atoms with E-state index in [-0.39, 0.29) is 24.0 Å². The number of aliphatic imine (C=N–C) groups is 1. The van der Waals surface area contributed by atoms with E-state index in [2.05, 4.69) is 64.4 Å². The first-order valence-electron chi connectivity index (χ1n) is 9.33. The molecule has 0 aliphatic carbocycles. The maximum Gasteiger partial charge on any atom is 0.193 e. The van der Waals surface area contributed by atoms with E-state index in [0.29, 0.717) is 11.8 Å². The predicted molar refractivity (Wildman–Crippen MR) is 121 cm³/mol. The monoisotopic (exact) mass is 474 g/mol. The Kier molecular flexibility index (Phi) is 11.2. The second-order valence-electron chi connectivity index (χ2n) is 7.00. The fraction of sp³-hybridized carbons (Fsp3) is 0.650. The molecule has 1 aliphatic rings. The standard InChI is InChI=1S/C20H34N4O.HI/c1-17-16-24(12-10-19(17)18-8-6-5-7-9-18)20(21-2)22-11-13-23(3)14-15-25-4;/h5-9,17,19H,10-16H2,1-4H3,(H,21,22);1H. The van der Waals surface area contributed by atoms with Crippen LogP contribution in [0, 0.1) is 5.92 Å². The average Bonchev–Trinajstić information content (AvgIpc) is 2.64. The normalized spacial score (nSPS) is 20.8. The number of nitrogens with zero attached hydrogens (tertiary/aromatic N) is 3. The molecular formula is C20H35IN4O. The van der Waals surface area contributed by atoms with Crippen molar-refractivity contribution in [2.45, 2.75) is 19.3 Å². The largest absolute Gasteiger partial charge is 0.383 e. The van der Waals surface area contributed by atoms with Crippen LogP contribution in [0.2, 0.25) is 0 Å². The fourth-order valence-electron chi connectivity index (χ4n) is 3.58. The number of hydrogen-bond donors (Lipinski definition) is 1. The summed E-state index contributed by atoms with van der Waals surface area (Å²) in [5.74, 6) is 2.30. The average molecular weight is 474 g/mol. The van der Waals surface area contributed by atoms with Crippen LogP contribution >= 0.6 is 24.0 Å². The van der Waals surface area contributed by atoms with Crippen molar-refractivity contribution < 1.29 is 4.74 Å². The molecule has 1 aromatic rings. The van der Waals surface area contributed by atoms with Gasteiger partial charge in [-0.2, -0.15) is 0 Å². The molecule has 0 saturated carbocycles. The lowest BCUT2D eigenvalue weighted by molar-refractivity contribution is 0.162. The minimum absolute atomic E-state index is 0. The molecule has 1 saturated heterocycles. The van der Waals surface area contributed by atoms with Gasteiger partial charge in [-0.1, -0.05) is 37.3 Å². The molecule has 1 aromatic carbocycles. The maximum absolute atomic E-state index is 5.12. The maximum atomic E-state index is 5.12. The zero-order chi connectivity index (χ0) is 18.1. The van der Waals surface area contributed by atoms with Gasteiger partial charge in [0.15, 0.2) is 5.96 Å². The number of methoxy groups -OCH3 is 1. The summed E-state index contributed by atoms with van der Waals surface area (Å²) in [5.41, 5.74) is 1.47. The third-order valence-corrected chi connectivity index (χ3v) is 5.10. The number of benzene rings is 1. The highest BCUT2D eigenvalue weighted by atomic mass is 127. The van der Waals surface area contributed by atoms with Crippen molar-refractivity contribution in [3.05, 3.63) is 35.9 Å². The number of guanidine groups is 1. The Morgan fingerprint density at radius 3 is 2.65 bits per heavy atom. The van der Waals surface area contributed by atoms with Crippen LogP contribution in [0.5, 0.6) is 0 Å². The van der Waals surface area contributed by atoms with Crippen LogP contribution < -0.4 is 5.32 Å². The van der Waals surface area contributed by atoms with Gasteiger partial charge in [0, 0.05) is 46.9 Å². The Hall–Kier alpha value is -0.860. The molecule has 0 bridgehead atoms. The smallest absolute Gasteiger partial charge is 0.193 e. The first-order chi connectivity index (χ1) is 12.2. The molecule has 1 N–H and O–H groups in total. The van der Waals surface area contributed by atoms with Gasteiger partial charge in [0.1, 0.15) is 0 Å². The molecule has 2 rings (SSSR count). The van der Waals surface area contributed by atoms with Crippen molar-refractivity contribution in [1.82, 2.24) is 15.1 Å². The van der Waals surface area contributed by atoms with Crippen molar-refractivity contribution in [3.63, 3.8) is 0 Å². The minimum atomic E-state index is 0. The number of hydrogen-bond acceptors (Lipinski definition) is 3. The van der Waals surface area contributed by atoms with Crippen LogP contribution in [0.3, 0.4) is 0 Å². The van der Waals surface area contributed by atoms with Crippen LogP contribution in [-0.4, -0.2) is 76.3 Å². The van der Waals surface area contributed by atoms with Gasteiger partial charge in [0.2, 0.25) is 0 Å². The van der Waals surface area contributed by atoms with Gasteiger partial charge in [-0.3, -0.25) is 4.99 Å². The van der Waals surface area contributed by atoms with Gasteiger partial charge >= 0.3 is 0 Å². The van der Waals surface area contributed by atoms with Gasteiger partial charge in [0.05, 0.1) is 6.61 Å². The van der Waals surface area contributed by atoms with Crippen molar-refractivity contribution in [3.8, 4) is 0 Å². The molecule has 6 heteroatoms. The van der Waals surface area contributed by atoms with Gasteiger partial charge < -0.3 is 19.9 Å². The number of ether oxygens (including phenoxy) is 1. The molecule has 1 fully saturated rings. The Labute approximate surface area is 176 Å². The van der Waals surface area contributed by atoms with Crippen LogP contribution in [0.15, 0.2) is 35.3 Å². The second kappa shape index (κ2) is 12.5. The SMILES string of the molecule is CN=C(NCCN(C)CCOC)N1CCC(c2ccccc2)C(C)C1.I. The van der Waals surface area contributed by atoms with E-state index in [0.717, 1.165) is 45.3 Å². The molecule has 0 amide bonds. The summed E-state index contributed by atoms with van der Waals surface area (Å²) >= 11 is 0. The summed E-state index contributed by atoms with van der Waals surface area (Å²) in [4.78, 5) is 9.17. The van der Waals surface area contributed by atoms with E-state index in [1.54, 1.807) is 7.11 Å². The van der Waals surface area contributed by atoms with E-state index in [1.807, 2.05) is 7.05 Å². The van der Waals surface area contributed by atoms with E-state index in [1.165, 1.54) is 12.0 Å². The summed E-state index contributed by atoms with van der Waals surface area (Å²) in [6, 6.07) is 10.9. The van der Waals surface area contributed by atoms with Crippen molar-refractivity contribution in [2.24, 2.45) is 10.9 Å². The van der Waals surface area contributed by atoms with Crippen LogP contribution in [0.25, 0.3) is 0 Å². The molecule has 0 radical (unpaired) electrons. The minimum Gasteiger partial charge on any atom is -0.383 e. The lowest BCUT2D eigenvalue weighted by Crippen LogP contribution is -2.49. The lowest BCUT2D eigenvalue weighted by atomic mass is 9.82.